The first-order chi connectivity index (χ1) is 8.00. The van der Waals surface area contributed by atoms with Gasteiger partial charge in [0.05, 0.1) is 0 Å². The van der Waals surface area contributed by atoms with E-state index in [2.05, 4.69) is 20.8 Å². The Morgan fingerprint density at radius 2 is 2.24 bits per heavy atom. The summed E-state index contributed by atoms with van der Waals surface area (Å²) in [5.74, 6) is 0.144. The molecule has 1 fully saturated rings. The van der Waals surface area contributed by atoms with Gasteiger partial charge in [0.25, 0.3) is 5.91 Å². The van der Waals surface area contributed by atoms with E-state index in [0.29, 0.717) is 6.54 Å². The fourth-order valence-corrected chi connectivity index (χ4v) is 2.09. The molecule has 0 bridgehead atoms. The average Bonchev–Trinajstić information content (AvgIpc) is 2.81. The van der Waals surface area contributed by atoms with E-state index in [1.807, 2.05) is 4.90 Å². The highest BCUT2D eigenvalue weighted by Crippen LogP contribution is 2.19. The third kappa shape index (κ3) is 4.28. The van der Waals surface area contributed by atoms with Crippen LogP contribution in [-0.2, 0) is 9.53 Å². The first kappa shape index (κ1) is 14.5. The molecule has 2 N–H and O–H groups in total. The summed E-state index contributed by atoms with van der Waals surface area (Å²) in [6.07, 6.45) is 2.62. The van der Waals surface area contributed by atoms with Gasteiger partial charge in [-0.05, 0) is 31.2 Å². The fraction of sp³-hybridized carbons (Fsp3) is 0.923. The van der Waals surface area contributed by atoms with Crippen LogP contribution in [0.5, 0.6) is 0 Å². The second kappa shape index (κ2) is 6.36. The molecular weight excluding hydrogens is 216 g/mol. The maximum Gasteiger partial charge on any atom is 0.251 e. The summed E-state index contributed by atoms with van der Waals surface area (Å²) in [5.41, 5.74) is 5.71. The van der Waals surface area contributed by atoms with Crippen molar-refractivity contribution >= 4 is 5.91 Å². The summed E-state index contributed by atoms with van der Waals surface area (Å²) in [5, 5.41) is 0. The molecule has 1 aliphatic rings. The summed E-state index contributed by atoms with van der Waals surface area (Å²) in [6.45, 7) is 9.10. The smallest absolute Gasteiger partial charge is 0.251 e. The zero-order chi connectivity index (χ0) is 12.9. The van der Waals surface area contributed by atoms with E-state index in [1.165, 1.54) is 0 Å². The molecule has 4 heteroatoms. The van der Waals surface area contributed by atoms with Crippen LogP contribution in [0, 0.1) is 5.41 Å². The summed E-state index contributed by atoms with van der Waals surface area (Å²) in [4.78, 5) is 14.2. The molecule has 1 amide bonds. The Labute approximate surface area is 104 Å². The molecule has 0 aliphatic carbocycles. The van der Waals surface area contributed by atoms with Crippen molar-refractivity contribution in [2.45, 2.75) is 46.1 Å². The molecule has 1 heterocycles. The lowest BCUT2D eigenvalue weighted by Gasteiger charge is -2.33. The SMILES string of the molecule is CCCN(CC(C)(C)CN)C(=O)[C@@H]1CCCO1. The highest BCUT2D eigenvalue weighted by molar-refractivity contribution is 5.81. The second-order valence-electron chi connectivity index (χ2n) is 5.63. The molecular formula is C13H26N2O2. The van der Waals surface area contributed by atoms with E-state index in [1.54, 1.807) is 0 Å². The number of carbonyl (C=O) groups is 1. The predicted octanol–water partition coefficient (Wildman–Crippen LogP) is 1.39. The monoisotopic (exact) mass is 242 g/mol. The van der Waals surface area contributed by atoms with Crippen LogP contribution in [0.1, 0.15) is 40.0 Å². The van der Waals surface area contributed by atoms with Gasteiger partial charge in [0.1, 0.15) is 6.10 Å². The number of carbonyl (C=O) groups excluding carboxylic acids is 1. The van der Waals surface area contributed by atoms with Crippen molar-refractivity contribution in [2.75, 3.05) is 26.2 Å². The van der Waals surface area contributed by atoms with Crippen LogP contribution in [-0.4, -0.2) is 43.2 Å². The maximum atomic E-state index is 12.3. The van der Waals surface area contributed by atoms with Gasteiger partial charge in [0.15, 0.2) is 0 Å². The Balaban J connectivity index is 2.60. The van der Waals surface area contributed by atoms with E-state index in [9.17, 15) is 4.79 Å². The molecule has 4 nitrogen and oxygen atoms in total. The van der Waals surface area contributed by atoms with Crippen LogP contribution < -0.4 is 5.73 Å². The van der Waals surface area contributed by atoms with Crippen molar-refractivity contribution in [1.82, 2.24) is 4.90 Å². The van der Waals surface area contributed by atoms with Crippen LogP contribution in [0.25, 0.3) is 0 Å². The number of amides is 1. The normalized spacial score (nSPS) is 20.6. The van der Waals surface area contributed by atoms with Crippen molar-refractivity contribution in [1.29, 1.82) is 0 Å². The van der Waals surface area contributed by atoms with Gasteiger partial charge in [0, 0.05) is 19.7 Å². The summed E-state index contributed by atoms with van der Waals surface area (Å²) >= 11 is 0. The van der Waals surface area contributed by atoms with Crippen LogP contribution in [0.4, 0.5) is 0 Å². The maximum absolute atomic E-state index is 12.3. The number of ether oxygens (including phenoxy) is 1. The van der Waals surface area contributed by atoms with Gasteiger partial charge in [-0.15, -0.1) is 0 Å². The zero-order valence-corrected chi connectivity index (χ0v) is 11.4. The Morgan fingerprint density at radius 1 is 1.53 bits per heavy atom. The standard InChI is InChI=1S/C13H26N2O2/c1-4-7-15(10-13(2,3)9-14)12(16)11-6-5-8-17-11/h11H,4-10,14H2,1-3H3/t11-/m0/s1. The van der Waals surface area contributed by atoms with E-state index >= 15 is 0 Å². The number of nitrogens with zero attached hydrogens (tertiary/aromatic N) is 1. The van der Waals surface area contributed by atoms with E-state index < -0.39 is 0 Å². The Bertz CT molecular complexity index is 248. The lowest BCUT2D eigenvalue weighted by molar-refractivity contribution is -0.142. The van der Waals surface area contributed by atoms with Crippen molar-refractivity contribution < 1.29 is 9.53 Å². The molecule has 0 radical (unpaired) electrons. The highest BCUT2D eigenvalue weighted by Gasteiger charge is 2.30. The quantitative estimate of drug-likeness (QED) is 0.765. The van der Waals surface area contributed by atoms with Gasteiger partial charge < -0.3 is 15.4 Å². The van der Waals surface area contributed by atoms with E-state index in [0.717, 1.165) is 39.0 Å². The van der Waals surface area contributed by atoms with Gasteiger partial charge in [-0.25, -0.2) is 0 Å². The molecule has 0 saturated carbocycles. The summed E-state index contributed by atoms with van der Waals surface area (Å²) in [6, 6.07) is 0. The van der Waals surface area contributed by atoms with Crippen LogP contribution in [0.3, 0.4) is 0 Å². The molecule has 1 rings (SSSR count). The first-order valence-electron chi connectivity index (χ1n) is 6.60. The van der Waals surface area contributed by atoms with E-state index in [-0.39, 0.29) is 17.4 Å². The molecule has 1 atom stereocenters. The van der Waals surface area contributed by atoms with Gasteiger partial charge in [-0.2, -0.15) is 0 Å². The summed E-state index contributed by atoms with van der Waals surface area (Å²) in [7, 11) is 0. The van der Waals surface area contributed by atoms with Crippen LogP contribution in [0.2, 0.25) is 0 Å². The second-order valence-corrected chi connectivity index (χ2v) is 5.63. The topological polar surface area (TPSA) is 55.6 Å². The minimum atomic E-state index is -0.213. The lowest BCUT2D eigenvalue weighted by atomic mass is 9.92. The Kier molecular flexibility index (Phi) is 5.40. The van der Waals surface area contributed by atoms with Crippen molar-refractivity contribution in [3.63, 3.8) is 0 Å². The molecule has 17 heavy (non-hydrogen) atoms. The first-order valence-corrected chi connectivity index (χ1v) is 6.60. The minimum absolute atomic E-state index is 0.0244. The molecule has 0 aromatic rings. The van der Waals surface area contributed by atoms with Crippen molar-refractivity contribution in [2.24, 2.45) is 11.1 Å². The fourth-order valence-electron chi connectivity index (χ4n) is 2.09. The molecule has 0 unspecified atom stereocenters. The number of hydrogen-bond acceptors (Lipinski definition) is 3. The molecule has 0 aromatic carbocycles. The molecule has 1 saturated heterocycles. The van der Waals surface area contributed by atoms with Gasteiger partial charge in [0.2, 0.25) is 0 Å². The van der Waals surface area contributed by atoms with Gasteiger partial charge in [-0.3, -0.25) is 4.79 Å². The third-order valence-corrected chi connectivity index (χ3v) is 3.18. The van der Waals surface area contributed by atoms with Crippen LogP contribution >= 0.6 is 0 Å². The number of hydrogen-bond donors (Lipinski definition) is 1. The van der Waals surface area contributed by atoms with E-state index in [4.69, 9.17) is 10.5 Å². The number of rotatable bonds is 6. The van der Waals surface area contributed by atoms with Crippen molar-refractivity contribution in [3.8, 4) is 0 Å². The largest absolute Gasteiger partial charge is 0.368 e. The van der Waals surface area contributed by atoms with Crippen molar-refractivity contribution in [3.05, 3.63) is 0 Å². The average molecular weight is 242 g/mol. The highest BCUT2D eigenvalue weighted by atomic mass is 16.5. The van der Waals surface area contributed by atoms with Gasteiger partial charge in [-0.1, -0.05) is 20.8 Å². The molecule has 0 spiro atoms. The molecule has 0 aromatic heterocycles. The summed E-state index contributed by atoms with van der Waals surface area (Å²) < 4.78 is 5.47. The predicted molar refractivity (Wildman–Crippen MR) is 68.7 cm³/mol. The third-order valence-electron chi connectivity index (χ3n) is 3.18. The number of nitrogens with two attached hydrogens (primary N) is 1. The van der Waals surface area contributed by atoms with Gasteiger partial charge >= 0.3 is 0 Å². The lowest BCUT2D eigenvalue weighted by Crippen LogP contribution is -2.46. The molecule has 100 valence electrons. The minimum Gasteiger partial charge on any atom is -0.368 e. The van der Waals surface area contributed by atoms with Crippen LogP contribution in [0.15, 0.2) is 0 Å². The molecule has 1 aliphatic heterocycles. The Hall–Kier alpha value is -0.610. The zero-order valence-electron chi connectivity index (χ0n) is 11.4. The Morgan fingerprint density at radius 3 is 2.71 bits per heavy atom.